The number of hydrogen-bond donors (Lipinski definition) is 2. The molecule has 1 aliphatic heterocycles. The van der Waals surface area contributed by atoms with E-state index in [4.69, 9.17) is 0 Å². The molecule has 5 rings (SSSR count). The first-order chi connectivity index (χ1) is 14.2. The van der Waals surface area contributed by atoms with Gasteiger partial charge in [-0.25, -0.2) is 9.97 Å². The Balaban J connectivity index is 1.37. The van der Waals surface area contributed by atoms with Crippen molar-refractivity contribution in [2.24, 2.45) is 5.92 Å². The van der Waals surface area contributed by atoms with E-state index in [0.29, 0.717) is 0 Å². The summed E-state index contributed by atoms with van der Waals surface area (Å²) in [7, 11) is 0. The Bertz CT molecular complexity index is 1110. The molecule has 0 amide bonds. The van der Waals surface area contributed by atoms with E-state index in [0.717, 1.165) is 64.7 Å². The molecule has 0 aromatic carbocycles. The van der Waals surface area contributed by atoms with E-state index in [2.05, 4.69) is 47.7 Å². The number of rotatable bonds is 5. The molecule has 9 heteroatoms. The summed E-state index contributed by atoms with van der Waals surface area (Å²) in [6.45, 7) is 7.55. The fourth-order valence-electron chi connectivity index (χ4n) is 3.81. The fraction of sp³-hybridized carbons (Fsp3) is 0.400. The van der Waals surface area contributed by atoms with Crippen molar-refractivity contribution in [2.45, 2.75) is 33.2 Å². The van der Waals surface area contributed by atoms with Gasteiger partial charge in [-0.3, -0.25) is 14.4 Å². The van der Waals surface area contributed by atoms with Crippen LogP contribution in [0.25, 0.3) is 16.9 Å². The number of aromatic nitrogens is 6. The van der Waals surface area contributed by atoms with Gasteiger partial charge in [0.05, 0.1) is 29.5 Å². The number of anilines is 2. The Hall–Kier alpha value is -2.78. The lowest BCUT2D eigenvalue weighted by Crippen LogP contribution is -2.32. The highest BCUT2D eigenvalue weighted by Gasteiger charge is 2.18. The second kappa shape index (κ2) is 7.57. The molecular formula is C20H24N8S. The molecule has 0 saturated carbocycles. The van der Waals surface area contributed by atoms with Gasteiger partial charge < -0.3 is 5.32 Å². The van der Waals surface area contributed by atoms with Crippen molar-refractivity contribution in [1.29, 1.82) is 0 Å². The molecule has 5 heterocycles. The van der Waals surface area contributed by atoms with Crippen molar-refractivity contribution in [3.05, 3.63) is 42.2 Å². The molecule has 1 fully saturated rings. The molecule has 0 spiro atoms. The van der Waals surface area contributed by atoms with E-state index in [9.17, 15) is 0 Å². The summed E-state index contributed by atoms with van der Waals surface area (Å²) in [6, 6.07) is 2.13. The molecule has 2 N–H and O–H groups in total. The number of imidazole rings is 1. The molecule has 0 aliphatic carbocycles. The third-order valence-corrected chi connectivity index (χ3v) is 6.21. The van der Waals surface area contributed by atoms with Crippen LogP contribution in [0.1, 0.15) is 31.2 Å². The Labute approximate surface area is 173 Å². The van der Waals surface area contributed by atoms with Crippen LogP contribution in [0.3, 0.4) is 0 Å². The maximum absolute atomic E-state index is 4.68. The largest absolute Gasteiger partial charge is 0.328 e. The van der Waals surface area contributed by atoms with Gasteiger partial charge in [-0.15, -0.1) is 0 Å². The minimum Gasteiger partial charge on any atom is -0.328 e. The predicted molar refractivity (Wildman–Crippen MR) is 114 cm³/mol. The Morgan fingerprint density at radius 2 is 2.14 bits per heavy atom. The summed E-state index contributed by atoms with van der Waals surface area (Å²) in [5, 5.41) is 11.3. The highest BCUT2D eigenvalue weighted by Crippen LogP contribution is 2.28. The lowest BCUT2D eigenvalue weighted by atomic mass is 9.99. The van der Waals surface area contributed by atoms with E-state index in [1.165, 1.54) is 24.4 Å². The average Bonchev–Trinajstić information content (AvgIpc) is 3.44. The van der Waals surface area contributed by atoms with Gasteiger partial charge in [0.2, 0.25) is 0 Å². The van der Waals surface area contributed by atoms with Crippen LogP contribution in [0.2, 0.25) is 0 Å². The Kier molecular flexibility index (Phi) is 4.76. The molecule has 0 unspecified atom stereocenters. The number of likely N-dealkylation sites (tertiary alicyclic amines) is 1. The molecular weight excluding hydrogens is 384 g/mol. The number of aryl methyl sites for hydroxylation is 1. The van der Waals surface area contributed by atoms with E-state index in [1.54, 1.807) is 6.20 Å². The van der Waals surface area contributed by atoms with Crippen LogP contribution in [0, 0.1) is 12.8 Å². The standard InChI is InChI=1S/C20H24N8S/c1-13-3-5-27(6-4-13)12-16-7-18(29-26-16)25-19-20-21-10-17(15-8-22-23-9-15)28(20)11-14(2)24-19/h7-11,13H,3-6,12H2,1-2H3,(H,22,23)(H,24,25). The molecule has 8 nitrogen and oxygen atoms in total. The number of piperidine rings is 1. The number of fused-ring (bicyclic) bond motifs is 1. The third kappa shape index (κ3) is 3.75. The lowest BCUT2D eigenvalue weighted by molar-refractivity contribution is 0.184. The monoisotopic (exact) mass is 408 g/mol. The number of nitrogens with one attached hydrogen (secondary N) is 2. The first kappa shape index (κ1) is 18.3. The molecule has 0 atom stereocenters. The van der Waals surface area contributed by atoms with Gasteiger partial charge in [-0.2, -0.15) is 9.47 Å². The number of H-pyrrole nitrogens is 1. The SMILES string of the molecule is Cc1cn2c(-c3cn[nH]c3)cnc2c(Nc2cc(CN3CCC(C)CC3)ns2)n1. The molecule has 29 heavy (non-hydrogen) atoms. The third-order valence-electron chi connectivity index (χ3n) is 5.47. The second-order valence-electron chi connectivity index (χ2n) is 7.82. The first-order valence-corrected chi connectivity index (χ1v) is 10.7. The average molecular weight is 409 g/mol. The zero-order valence-corrected chi connectivity index (χ0v) is 17.4. The van der Waals surface area contributed by atoms with E-state index in [-0.39, 0.29) is 0 Å². The number of nitrogens with zero attached hydrogens (tertiary/aromatic N) is 6. The van der Waals surface area contributed by atoms with E-state index in [1.807, 2.05) is 29.9 Å². The van der Waals surface area contributed by atoms with Gasteiger partial charge in [-0.05, 0) is 56.4 Å². The Morgan fingerprint density at radius 3 is 2.93 bits per heavy atom. The summed E-state index contributed by atoms with van der Waals surface area (Å²) in [6.07, 6.45) is 10.1. The van der Waals surface area contributed by atoms with Crippen LogP contribution in [-0.4, -0.2) is 46.9 Å². The van der Waals surface area contributed by atoms with Gasteiger partial charge in [0, 0.05) is 24.5 Å². The number of aromatic amines is 1. The quantitative estimate of drug-likeness (QED) is 0.521. The highest BCUT2D eigenvalue weighted by atomic mass is 32.1. The van der Waals surface area contributed by atoms with Crippen LogP contribution in [0.15, 0.2) is 30.9 Å². The first-order valence-electron chi connectivity index (χ1n) is 9.94. The minimum atomic E-state index is 0.738. The van der Waals surface area contributed by atoms with Crippen molar-refractivity contribution in [3.8, 4) is 11.3 Å². The van der Waals surface area contributed by atoms with E-state index < -0.39 is 0 Å². The topological polar surface area (TPSA) is 87.0 Å². The van der Waals surface area contributed by atoms with Gasteiger partial charge in [0.1, 0.15) is 5.00 Å². The summed E-state index contributed by atoms with van der Waals surface area (Å²) in [5.74, 6) is 1.58. The summed E-state index contributed by atoms with van der Waals surface area (Å²) in [5.41, 5.74) is 4.77. The lowest BCUT2D eigenvalue weighted by Gasteiger charge is -2.29. The smallest absolute Gasteiger partial charge is 0.180 e. The normalized spacial score (nSPS) is 15.9. The second-order valence-corrected chi connectivity index (χ2v) is 8.63. The van der Waals surface area contributed by atoms with Gasteiger partial charge >= 0.3 is 0 Å². The summed E-state index contributed by atoms with van der Waals surface area (Å²) in [4.78, 5) is 11.8. The highest BCUT2D eigenvalue weighted by molar-refractivity contribution is 7.10. The zero-order valence-electron chi connectivity index (χ0n) is 16.6. The predicted octanol–water partition coefficient (Wildman–Crippen LogP) is 3.86. The molecule has 4 aromatic rings. The maximum Gasteiger partial charge on any atom is 0.180 e. The summed E-state index contributed by atoms with van der Waals surface area (Å²) < 4.78 is 6.69. The van der Waals surface area contributed by atoms with Crippen molar-refractivity contribution in [3.63, 3.8) is 0 Å². The van der Waals surface area contributed by atoms with Crippen LogP contribution in [0.5, 0.6) is 0 Å². The molecule has 0 bridgehead atoms. The zero-order chi connectivity index (χ0) is 19.8. The van der Waals surface area contributed by atoms with Crippen LogP contribution < -0.4 is 5.32 Å². The fourth-order valence-corrected chi connectivity index (χ4v) is 4.47. The molecule has 1 saturated heterocycles. The van der Waals surface area contributed by atoms with Crippen LogP contribution in [0.4, 0.5) is 10.8 Å². The molecule has 150 valence electrons. The summed E-state index contributed by atoms with van der Waals surface area (Å²) >= 11 is 1.47. The van der Waals surface area contributed by atoms with Gasteiger partial charge in [0.25, 0.3) is 0 Å². The van der Waals surface area contributed by atoms with Crippen LogP contribution >= 0.6 is 11.5 Å². The maximum atomic E-state index is 4.68. The molecule has 1 aliphatic rings. The number of hydrogen-bond acceptors (Lipinski definition) is 7. The van der Waals surface area contributed by atoms with Crippen molar-refractivity contribution in [1.82, 2.24) is 33.8 Å². The van der Waals surface area contributed by atoms with E-state index >= 15 is 0 Å². The van der Waals surface area contributed by atoms with Crippen molar-refractivity contribution < 1.29 is 0 Å². The van der Waals surface area contributed by atoms with Crippen LogP contribution in [-0.2, 0) is 6.54 Å². The van der Waals surface area contributed by atoms with Gasteiger partial charge in [-0.1, -0.05) is 6.92 Å². The van der Waals surface area contributed by atoms with Gasteiger partial charge in [0.15, 0.2) is 11.5 Å². The minimum absolute atomic E-state index is 0.738. The van der Waals surface area contributed by atoms with Crippen molar-refractivity contribution >= 4 is 28.0 Å². The molecule has 4 aromatic heterocycles. The van der Waals surface area contributed by atoms with Crippen molar-refractivity contribution in [2.75, 3.05) is 18.4 Å². The molecule has 0 radical (unpaired) electrons. The Morgan fingerprint density at radius 1 is 1.28 bits per heavy atom.